The molecular formula is C14H18O5. The molecule has 0 heterocycles. The van der Waals surface area contributed by atoms with Crippen LogP contribution in [0.2, 0.25) is 0 Å². The summed E-state index contributed by atoms with van der Waals surface area (Å²) in [6.07, 6.45) is 0.160. The van der Waals surface area contributed by atoms with E-state index in [1.807, 2.05) is 30.3 Å². The highest BCUT2D eigenvalue weighted by Crippen LogP contribution is 2.14. The second kappa shape index (κ2) is 8.26. The van der Waals surface area contributed by atoms with Gasteiger partial charge in [-0.2, -0.15) is 0 Å². The van der Waals surface area contributed by atoms with Gasteiger partial charge in [0.25, 0.3) is 0 Å². The molecule has 0 spiro atoms. The van der Waals surface area contributed by atoms with E-state index in [1.165, 1.54) is 0 Å². The molecule has 0 amide bonds. The van der Waals surface area contributed by atoms with Gasteiger partial charge in [-0.15, -0.1) is 0 Å². The molecule has 0 aliphatic carbocycles. The summed E-state index contributed by atoms with van der Waals surface area (Å²) in [6.45, 7) is 0.813. The topological polar surface area (TPSA) is 83.8 Å². The first-order valence-corrected chi connectivity index (χ1v) is 6.13. The third kappa shape index (κ3) is 7.21. The van der Waals surface area contributed by atoms with Crippen LogP contribution < -0.4 is 0 Å². The third-order valence-corrected chi connectivity index (χ3v) is 2.71. The largest absolute Gasteiger partial charge is 0.481 e. The number of aliphatic carboxylic acids is 2. The SMILES string of the molecule is O=C(O)CC(CCOCc1ccccc1)CC(=O)O. The highest BCUT2D eigenvalue weighted by molar-refractivity contribution is 5.70. The van der Waals surface area contributed by atoms with Crippen LogP contribution in [-0.4, -0.2) is 28.8 Å². The van der Waals surface area contributed by atoms with Crippen molar-refractivity contribution >= 4 is 11.9 Å². The maximum absolute atomic E-state index is 10.6. The molecule has 0 saturated carbocycles. The first kappa shape index (κ1) is 15.2. The Morgan fingerprint density at radius 3 is 2.16 bits per heavy atom. The Morgan fingerprint density at radius 2 is 1.63 bits per heavy atom. The molecule has 0 radical (unpaired) electrons. The highest BCUT2D eigenvalue weighted by atomic mass is 16.5. The summed E-state index contributed by atoms with van der Waals surface area (Å²) in [5, 5.41) is 17.4. The summed E-state index contributed by atoms with van der Waals surface area (Å²) in [5.74, 6) is -2.34. The molecule has 1 aromatic rings. The minimum atomic E-state index is -0.977. The molecule has 0 aliphatic heterocycles. The fourth-order valence-corrected chi connectivity index (χ4v) is 1.78. The lowest BCUT2D eigenvalue weighted by Crippen LogP contribution is -2.14. The van der Waals surface area contributed by atoms with Crippen LogP contribution in [0.25, 0.3) is 0 Å². The van der Waals surface area contributed by atoms with Gasteiger partial charge < -0.3 is 14.9 Å². The summed E-state index contributed by atoms with van der Waals surface area (Å²) in [7, 11) is 0. The van der Waals surface area contributed by atoms with E-state index in [0.717, 1.165) is 5.56 Å². The van der Waals surface area contributed by atoms with Crippen molar-refractivity contribution in [3.05, 3.63) is 35.9 Å². The number of ether oxygens (including phenoxy) is 1. The normalized spacial score (nSPS) is 10.6. The van der Waals surface area contributed by atoms with Crippen LogP contribution in [0.4, 0.5) is 0 Å². The van der Waals surface area contributed by atoms with Gasteiger partial charge in [-0.3, -0.25) is 9.59 Å². The Labute approximate surface area is 111 Å². The number of carboxylic acid groups (broad SMARTS) is 2. The van der Waals surface area contributed by atoms with Crippen LogP contribution in [0.15, 0.2) is 30.3 Å². The lowest BCUT2D eigenvalue weighted by molar-refractivity contribution is -0.140. The number of carbonyl (C=O) groups is 2. The molecule has 0 unspecified atom stereocenters. The fourth-order valence-electron chi connectivity index (χ4n) is 1.78. The van der Waals surface area contributed by atoms with Crippen molar-refractivity contribution in [2.45, 2.75) is 25.9 Å². The molecule has 5 nitrogen and oxygen atoms in total. The number of benzene rings is 1. The summed E-state index contributed by atoms with van der Waals surface area (Å²) < 4.78 is 5.43. The first-order chi connectivity index (χ1) is 9.08. The predicted molar refractivity (Wildman–Crippen MR) is 68.7 cm³/mol. The summed E-state index contributed by atoms with van der Waals surface area (Å²) in [6, 6.07) is 9.61. The monoisotopic (exact) mass is 266 g/mol. The molecule has 0 bridgehead atoms. The van der Waals surface area contributed by atoms with E-state index in [2.05, 4.69) is 0 Å². The van der Waals surface area contributed by atoms with Gasteiger partial charge in [0.15, 0.2) is 0 Å². The molecule has 0 aliphatic rings. The Kier molecular flexibility index (Phi) is 6.60. The molecule has 19 heavy (non-hydrogen) atoms. The Hall–Kier alpha value is -1.88. The van der Waals surface area contributed by atoms with Gasteiger partial charge in [0.05, 0.1) is 6.61 Å². The Morgan fingerprint density at radius 1 is 1.05 bits per heavy atom. The molecule has 0 saturated heterocycles. The Bertz CT molecular complexity index is 386. The zero-order valence-electron chi connectivity index (χ0n) is 10.6. The van der Waals surface area contributed by atoms with E-state index < -0.39 is 11.9 Å². The molecule has 104 valence electrons. The lowest BCUT2D eigenvalue weighted by atomic mass is 9.98. The number of hydrogen-bond acceptors (Lipinski definition) is 3. The number of rotatable bonds is 9. The lowest BCUT2D eigenvalue weighted by Gasteiger charge is -2.12. The molecular weight excluding hydrogens is 248 g/mol. The molecule has 2 N–H and O–H groups in total. The van der Waals surface area contributed by atoms with Gasteiger partial charge in [0.1, 0.15) is 0 Å². The smallest absolute Gasteiger partial charge is 0.303 e. The number of carboxylic acids is 2. The molecule has 1 rings (SSSR count). The van der Waals surface area contributed by atoms with Crippen molar-refractivity contribution in [2.75, 3.05) is 6.61 Å². The molecule has 1 aromatic carbocycles. The summed E-state index contributed by atoms with van der Waals surface area (Å²) in [5.41, 5.74) is 1.04. The van der Waals surface area contributed by atoms with E-state index in [4.69, 9.17) is 14.9 Å². The van der Waals surface area contributed by atoms with Crippen LogP contribution in [0.1, 0.15) is 24.8 Å². The van der Waals surface area contributed by atoms with Crippen LogP contribution in [0.3, 0.4) is 0 Å². The quantitative estimate of drug-likeness (QED) is 0.669. The molecule has 0 aromatic heterocycles. The van der Waals surface area contributed by atoms with Crippen molar-refractivity contribution < 1.29 is 24.5 Å². The van der Waals surface area contributed by atoms with E-state index in [0.29, 0.717) is 19.6 Å². The van der Waals surface area contributed by atoms with Crippen LogP contribution in [-0.2, 0) is 20.9 Å². The van der Waals surface area contributed by atoms with Gasteiger partial charge >= 0.3 is 11.9 Å². The first-order valence-electron chi connectivity index (χ1n) is 6.13. The van der Waals surface area contributed by atoms with E-state index in [-0.39, 0.29) is 18.8 Å². The summed E-state index contributed by atoms with van der Waals surface area (Å²) >= 11 is 0. The number of hydrogen-bond donors (Lipinski definition) is 2. The van der Waals surface area contributed by atoms with Crippen LogP contribution in [0, 0.1) is 5.92 Å². The van der Waals surface area contributed by atoms with Gasteiger partial charge in [-0.25, -0.2) is 0 Å². The van der Waals surface area contributed by atoms with Crippen molar-refractivity contribution in [1.29, 1.82) is 0 Å². The van der Waals surface area contributed by atoms with Crippen LogP contribution >= 0.6 is 0 Å². The highest BCUT2D eigenvalue weighted by Gasteiger charge is 2.16. The van der Waals surface area contributed by atoms with E-state index in [9.17, 15) is 9.59 Å². The van der Waals surface area contributed by atoms with Crippen LogP contribution in [0.5, 0.6) is 0 Å². The van der Waals surface area contributed by atoms with Gasteiger partial charge in [0, 0.05) is 19.4 Å². The van der Waals surface area contributed by atoms with Gasteiger partial charge in [-0.1, -0.05) is 30.3 Å². The van der Waals surface area contributed by atoms with E-state index in [1.54, 1.807) is 0 Å². The van der Waals surface area contributed by atoms with E-state index >= 15 is 0 Å². The fraction of sp³-hybridized carbons (Fsp3) is 0.429. The molecule has 5 heteroatoms. The predicted octanol–water partition coefficient (Wildman–Crippen LogP) is 2.16. The average molecular weight is 266 g/mol. The minimum absolute atomic E-state index is 0.138. The van der Waals surface area contributed by atoms with Crippen molar-refractivity contribution in [1.82, 2.24) is 0 Å². The minimum Gasteiger partial charge on any atom is -0.481 e. The zero-order chi connectivity index (χ0) is 14.1. The summed E-state index contributed by atoms with van der Waals surface area (Å²) in [4.78, 5) is 21.2. The third-order valence-electron chi connectivity index (χ3n) is 2.71. The Balaban J connectivity index is 2.27. The zero-order valence-corrected chi connectivity index (χ0v) is 10.6. The second-order valence-corrected chi connectivity index (χ2v) is 4.39. The van der Waals surface area contributed by atoms with Gasteiger partial charge in [-0.05, 0) is 17.9 Å². The maximum Gasteiger partial charge on any atom is 0.303 e. The van der Waals surface area contributed by atoms with Crippen molar-refractivity contribution in [3.63, 3.8) is 0 Å². The standard InChI is InChI=1S/C14H18O5/c15-13(16)8-12(9-14(17)18)6-7-19-10-11-4-2-1-3-5-11/h1-5,12H,6-10H2,(H,15,16)(H,17,18). The molecule has 0 fully saturated rings. The second-order valence-electron chi connectivity index (χ2n) is 4.39. The van der Waals surface area contributed by atoms with Crippen molar-refractivity contribution in [3.8, 4) is 0 Å². The maximum atomic E-state index is 10.6. The molecule has 0 atom stereocenters. The van der Waals surface area contributed by atoms with Gasteiger partial charge in [0.2, 0.25) is 0 Å². The average Bonchev–Trinajstić information content (AvgIpc) is 2.34. The van der Waals surface area contributed by atoms with Crippen molar-refractivity contribution in [2.24, 2.45) is 5.92 Å².